The Hall–Kier alpha value is 1.57. The summed E-state index contributed by atoms with van der Waals surface area (Å²) in [4.78, 5) is 3.07. The number of nitrogens with one attached hydrogen (secondary N) is 2. The van der Waals surface area contributed by atoms with E-state index in [0.717, 1.165) is 0 Å². The first-order chi connectivity index (χ1) is 15.0. The van der Waals surface area contributed by atoms with Crippen LogP contribution in [0.2, 0.25) is 0 Å². The molecule has 0 unspecified atom stereocenters. The van der Waals surface area contributed by atoms with Gasteiger partial charge >= 0.3 is 52.6 Å². The number of hydrogen-bond acceptors (Lipinski definition) is 0. The molecule has 5 nitrogen and oxygen atoms in total. The fourth-order valence-corrected chi connectivity index (χ4v) is 4.38. The minimum absolute atomic E-state index is 0. The first kappa shape index (κ1) is 40.1. The molecule has 0 aliphatic carbocycles. The SMILES string of the molecule is C[C@@H]1CCC[C@H](C)[N-]1.C[C@@H]1CCC[C@H](C)[N-]1.C[C@@H]1CCC[C@H](C)[N-]1.C[NH+](C)CC[NH+](C)C.[Mg+2].[Na+]. The van der Waals surface area contributed by atoms with Crippen molar-refractivity contribution in [2.75, 3.05) is 41.3 Å². The van der Waals surface area contributed by atoms with Crippen LogP contribution in [0, 0.1) is 0 Å². The van der Waals surface area contributed by atoms with Crippen molar-refractivity contribution in [1.82, 2.24) is 0 Å². The maximum absolute atomic E-state index is 4.48. The minimum atomic E-state index is 0. The van der Waals surface area contributed by atoms with Gasteiger partial charge in [-0.2, -0.15) is 0 Å². The Morgan fingerprint density at radius 2 is 0.647 bits per heavy atom. The molecule has 3 rings (SSSR count). The first-order valence-corrected chi connectivity index (χ1v) is 13.7. The summed E-state index contributed by atoms with van der Waals surface area (Å²) in [6, 6.07) is 3.83. The third kappa shape index (κ3) is 26.6. The summed E-state index contributed by atoms with van der Waals surface area (Å²) in [5, 5.41) is 13.4. The van der Waals surface area contributed by atoms with Gasteiger partial charge in [0.05, 0.1) is 28.2 Å². The zero-order chi connectivity index (χ0) is 24.5. The monoisotopic (exact) mass is 501 g/mol. The van der Waals surface area contributed by atoms with Crippen molar-refractivity contribution >= 4 is 23.1 Å². The molecule has 194 valence electrons. The number of nitrogens with zero attached hydrogens (tertiary/aromatic N) is 3. The first-order valence-electron chi connectivity index (χ1n) is 13.7. The van der Waals surface area contributed by atoms with E-state index in [1.165, 1.54) is 80.7 Å². The molecule has 2 N–H and O–H groups in total. The maximum atomic E-state index is 4.48. The molecule has 3 fully saturated rings. The average molecular weight is 502 g/mol. The van der Waals surface area contributed by atoms with Crippen LogP contribution in [0.1, 0.15) is 99.3 Å². The van der Waals surface area contributed by atoms with Crippen molar-refractivity contribution in [2.24, 2.45) is 0 Å². The van der Waals surface area contributed by atoms with Gasteiger partial charge in [0.15, 0.2) is 0 Å². The fraction of sp³-hybridized carbons (Fsp3) is 1.00. The van der Waals surface area contributed by atoms with Crippen LogP contribution in [0.5, 0.6) is 0 Å². The van der Waals surface area contributed by atoms with Crippen molar-refractivity contribution in [3.63, 3.8) is 0 Å². The normalized spacial score (nSPS) is 30.7. The van der Waals surface area contributed by atoms with E-state index in [0.29, 0.717) is 36.3 Å². The maximum Gasteiger partial charge on any atom is 2.00 e. The Bertz CT molecular complexity index is 348. The van der Waals surface area contributed by atoms with Crippen LogP contribution in [-0.4, -0.2) is 101 Å². The van der Waals surface area contributed by atoms with Gasteiger partial charge in [0.2, 0.25) is 0 Å². The van der Waals surface area contributed by atoms with Crippen LogP contribution in [0.3, 0.4) is 0 Å². The number of likely N-dealkylation sites (N-methyl/N-ethyl adjacent to an activating group) is 2. The molecule has 34 heavy (non-hydrogen) atoms. The molecule has 3 aliphatic heterocycles. The third-order valence-electron chi connectivity index (χ3n) is 6.38. The van der Waals surface area contributed by atoms with E-state index >= 15 is 0 Å². The molecule has 7 heteroatoms. The Kier molecular flexibility index (Phi) is 29.3. The molecule has 0 aromatic carbocycles. The largest absolute Gasteiger partial charge is 2.00 e. The van der Waals surface area contributed by atoms with Crippen LogP contribution >= 0.6 is 0 Å². The van der Waals surface area contributed by atoms with Crippen molar-refractivity contribution in [3.05, 3.63) is 16.0 Å². The predicted molar refractivity (Wildman–Crippen MR) is 150 cm³/mol. The molecule has 0 saturated carbocycles. The molecule has 3 aliphatic rings. The van der Waals surface area contributed by atoms with Crippen LogP contribution in [-0.2, 0) is 0 Å². The zero-order valence-electron chi connectivity index (χ0n) is 25.3. The van der Waals surface area contributed by atoms with Crippen molar-refractivity contribution < 1.29 is 39.4 Å². The molecular weight excluding hydrogens is 442 g/mol. The van der Waals surface area contributed by atoms with Crippen LogP contribution < -0.4 is 39.4 Å². The van der Waals surface area contributed by atoms with Gasteiger partial charge < -0.3 is 25.8 Å². The Morgan fingerprint density at radius 1 is 0.471 bits per heavy atom. The predicted octanol–water partition coefficient (Wildman–Crippen LogP) is 0.862. The molecular formula is C27H60MgN5Na+2. The molecule has 0 spiro atoms. The van der Waals surface area contributed by atoms with Gasteiger partial charge in [-0.25, -0.2) is 0 Å². The quantitative estimate of drug-likeness (QED) is 0.539. The Morgan fingerprint density at radius 3 is 0.735 bits per heavy atom. The van der Waals surface area contributed by atoms with Gasteiger partial charge in [-0.15, -0.1) is 36.3 Å². The van der Waals surface area contributed by atoms with Crippen LogP contribution in [0.25, 0.3) is 16.0 Å². The van der Waals surface area contributed by atoms with E-state index in [4.69, 9.17) is 0 Å². The number of hydrogen-bond donors (Lipinski definition) is 2. The van der Waals surface area contributed by atoms with E-state index in [2.05, 4.69) is 85.7 Å². The van der Waals surface area contributed by atoms with E-state index in [-0.39, 0.29) is 52.6 Å². The standard InChI is InChI=1S/3C7H14N.C6H16N2.Mg.Na/c3*1-6-4-3-5-7(2)8-6;1-7(2)5-6-8(3)4;;/h3*6-7H,3-5H2,1-2H3;5-6H2,1-4H3;;/q3*-1;;+2;+1/p+2/t3*6-,7+;;;. The molecule has 0 amide bonds. The Labute approximate surface area is 253 Å². The second-order valence-electron chi connectivity index (χ2n) is 11.2. The summed E-state index contributed by atoms with van der Waals surface area (Å²) in [5.41, 5.74) is 0. The fourth-order valence-electron chi connectivity index (χ4n) is 4.38. The molecule has 3 saturated heterocycles. The topological polar surface area (TPSA) is 51.2 Å². The van der Waals surface area contributed by atoms with Gasteiger partial charge in [-0.3, -0.25) is 0 Å². The average Bonchev–Trinajstić information content (AvgIpc) is 2.67. The van der Waals surface area contributed by atoms with Crippen molar-refractivity contribution in [2.45, 2.75) is 136 Å². The number of piperidine rings is 3. The van der Waals surface area contributed by atoms with E-state index in [1.807, 2.05) is 0 Å². The van der Waals surface area contributed by atoms with Gasteiger partial charge in [0.1, 0.15) is 13.1 Å². The molecule has 0 bridgehead atoms. The number of rotatable bonds is 3. The molecule has 6 atom stereocenters. The Balaban J connectivity index is -0.000000370. The molecule has 0 aromatic rings. The zero-order valence-corrected chi connectivity index (χ0v) is 28.7. The second-order valence-corrected chi connectivity index (χ2v) is 11.2. The second kappa shape index (κ2) is 24.9. The van der Waals surface area contributed by atoms with Crippen molar-refractivity contribution in [1.29, 1.82) is 0 Å². The summed E-state index contributed by atoms with van der Waals surface area (Å²) < 4.78 is 0. The summed E-state index contributed by atoms with van der Waals surface area (Å²) in [6.45, 7) is 15.8. The van der Waals surface area contributed by atoms with Crippen molar-refractivity contribution in [3.8, 4) is 0 Å². The molecule has 0 radical (unpaired) electrons. The summed E-state index contributed by atoms with van der Waals surface area (Å²) in [7, 11) is 8.73. The van der Waals surface area contributed by atoms with Crippen LogP contribution in [0.15, 0.2) is 0 Å². The summed E-state index contributed by atoms with van der Waals surface area (Å²) in [5.74, 6) is 0. The van der Waals surface area contributed by atoms with Gasteiger partial charge in [0, 0.05) is 0 Å². The number of quaternary nitrogens is 2. The summed E-state index contributed by atoms with van der Waals surface area (Å²) in [6.07, 6.45) is 12.0. The van der Waals surface area contributed by atoms with E-state index in [9.17, 15) is 0 Å². The van der Waals surface area contributed by atoms with Gasteiger partial charge in [0.25, 0.3) is 0 Å². The van der Waals surface area contributed by atoms with E-state index in [1.54, 1.807) is 0 Å². The smallest absolute Gasteiger partial charge is 0.657 e. The third-order valence-corrected chi connectivity index (χ3v) is 6.38. The summed E-state index contributed by atoms with van der Waals surface area (Å²) >= 11 is 0. The molecule has 3 heterocycles. The van der Waals surface area contributed by atoms with Gasteiger partial charge in [-0.05, 0) is 0 Å². The minimum Gasteiger partial charge on any atom is -0.657 e. The van der Waals surface area contributed by atoms with E-state index < -0.39 is 0 Å². The van der Waals surface area contributed by atoms with Crippen LogP contribution in [0.4, 0.5) is 0 Å². The molecule has 0 aromatic heterocycles. The van der Waals surface area contributed by atoms with Gasteiger partial charge in [-0.1, -0.05) is 99.3 Å².